The predicted molar refractivity (Wildman–Crippen MR) is 53.3 cm³/mol. The fraction of sp³-hybridized carbons (Fsp3) is 0.714. The zero-order valence-electron chi connectivity index (χ0n) is 8.58. The summed E-state index contributed by atoms with van der Waals surface area (Å²) in [6.07, 6.45) is 1.49. The van der Waals surface area contributed by atoms with Crippen LogP contribution in [0.1, 0.15) is 12.7 Å². The number of hydrogen-bond acceptors (Lipinski definition) is 5. The predicted octanol–water partition coefficient (Wildman–Crippen LogP) is -1.38. The fourth-order valence-corrected chi connectivity index (χ4v) is 1.68. The maximum atomic E-state index is 11.4. The molecule has 1 heterocycles. The summed E-state index contributed by atoms with van der Waals surface area (Å²) < 4.78 is 26.6. The lowest BCUT2D eigenvalue weighted by atomic mass is 10.5. The molecule has 0 spiro atoms. The van der Waals surface area contributed by atoms with E-state index in [4.69, 9.17) is 5.11 Å². The van der Waals surface area contributed by atoms with Gasteiger partial charge in [0.25, 0.3) is 0 Å². The molecule has 2 N–H and O–H groups in total. The van der Waals surface area contributed by atoms with E-state index in [2.05, 4.69) is 14.8 Å². The van der Waals surface area contributed by atoms with Crippen molar-refractivity contribution in [2.45, 2.75) is 18.7 Å². The molecule has 1 aromatic heterocycles. The highest BCUT2D eigenvalue weighted by Crippen LogP contribution is 1.98. The van der Waals surface area contributed by atoms with Crippen molar-refractivity contribution in [3.05, 3.63) is 12.2 Å². The first-order valence-corrected chi connectivity index (χ1v) is 5.94. The van der Waals surface area contributed by atoms with E-state index in [0.717, 1.165) is 0 Å². The third-order valence-electron chi connectivity index (χ3n) is 1.87. The minimum absolute atomic E-state index is 0.0352. The third-order valence-corrected chi connectivity index (χ3v) is 3.62. The number of aliphatic hydroxyl groups is 1. The first kappa shape index (κ1) is 12.1. The van der Waals surface area contributed by atoms with Crippen molar-refractivity contribution in [2.75, 3.05) is 6.61 Å². The number of rotatable bonds is 5. The summed E-state index contributed by atoms with van der Waals surface area (Å²) in [7, 11) is -1.79. The molecule has 1 rings (SSSR count). The second-order valence-corrected chi connectivity index (χ2v) is 5.38. The van der Waals surface area contributed by atoms with Crippen molar-refractivity contribution in [3.8, 4) is 0 Å². The smallest absolute Gasteiger partial charge is 0.216 e. The van der Waals surface area contributed by atoms with Crippen molar-refractivity contribution in [2.24, 2.45) is 7.05 Å². The van der Waals surface area contributed by atoms with E-state index >= 15 is 0 Å². The minimum atomic E-state index is -3.49. The lowest BCUT2D eigenvalue weighted by Gasteiger charge is -2.09. The Morgan fingerprint density at radius 3 is 2.80 bits per heavy atom. The molecule has 0 aliphatic carbocycles. The van der Waals surface area contributed by atoms with E-state index in [1.54, 1.807) is 7.05 Å². The molecule has 0 saturated heterocycles. The summed E-state index contributed by atoms with van der Waals surface area (Å²) in [6.45, 7) is 1.05. The van der Waals surface area contributed by atoms with Crippen LogP contribution in [0.15, 0.2) is 6.33 Å². The van der Waals surface area contributed by atoms with Crippen molar-refractivity contribution >= 4 is 10.0 Å². The maximum absolute atomic E-state index is 11.4. The van der Waals surface area contributed by atoms with Crippen LogP contribution in [-0.2, 0) is 23.6 Å². The number of nitrogens with zero attached hydrogens (tertiary/aromatic N) is 3. The summed E-state index contributed by atoms with van der Waals surface area (Å²) in [6, 6.07) is 0. The van der Waals surface area contributed by atoms with E-state index in [1.165, 1.54) is 17.9 Å². The van der Waals surface area contributed by atoms with Gasteiger partial charge < -0.3 is 5.11 Å². The third kappa shape index (κ3) is 3.26. The average Bonchev–Trinajstić information content (AvgIpc) is 2.60. The Labute approximate surface area is 88.2 Å². The second kappa shape index (κ2) is 4.69. The Kier molecular flexibility index (Phi) is 3.77. The van der Waals surface area contributed by atoms with Gasteiger partial charge in [0, 0.05) is 7.05 Å². The Balaban J connectivity index is 2.57. The van der Waals surface area contributed by atoms with Gasteiger partial charge in [-0.1, -0.05) is 0 Å². The highest BCUT2D eigenvalue weighted by atomic mass is 32.2. The number of hydrogen-bond donors (Lipinski definition) is 2. The molecule has 8 heteroatoms. The lowest BCUT2D eigenvalue weighted by Crippen LogP contribution is -2.34. The summed E-state index contributed by atoms with van der Waals surface area (Å²) in [5.41, 5.74) is 0. The molecule has 0 bridgehead atoms. The Morgan fingerprint density at radius 1 is 1.67 bits per heavy atom. The zero-order valence-corrected chi connectivity index (χ0v) is 9.40. The molecule has 1 atom stereocenters. The number of aryl methyl sites for hydroxylation is 1. The van der Waals surface area contributed by atoms with Crippen molar-refractivity contribution in [3.63, 3.8) is 0 Å². The topological polar surface area (TPSA) is 97.1 Å². The molecule has 1 aromatic rings. The highest BCUT2D eigenvalue weighted by molar-refractivity contribution is 7.90. The highest BCUT2D eigenvalue weighted by Gasteiger charge is 2.19. The Bertz CT molecular complexity index is 414. The van der Waals surface area contributed by atoms with Gasteiger partial charge in [-0.05, 0) is 6.92 Å². The monoisotopic (exact) mass is 234 g/mol. The van der Waals surface area contributed by atoms with Crippen LogP contribution in [0.4, 0.5) is 0 Å². The molecule has 1 unspecified atom stereocenters. The molecular weight excluding hydrogens is 220 g/mol. The molecule has 86 valence electrons. The van der Waals surface area contributed by atoms with Crippen LogP contribution in [-0.4, -0.2) is 40.1 Å². The van der Waals surface area contributed by atoms with Gasteiger partial charge in [-0.3, -0.25) is 4.68 Å². The molecule has 0 aromatic carbocycles. The largest absolute Gasteiger partial charge is 0.395 e. The summed E-state index contributed by atoms with van der Waals surface area (Å²) >= 11 is 0. The van der Waals surface area contributed by atoms with E-state index in [-0.39, 0.29) is 6.54 Å². The SMILES string of the molecule is CC(CO)S(=O)(=O)NCc1ncn(C)n1. The van der Waals surface area contributed by atoms with Crippen LogP contribution in [0.5, 0.6) is 0 Å². The van der Waals surface area contributed by atoms with Gasteiger partial charge in [-0.25, -0.2) is 18.1 Å². The normalized spacial score (nSPS) is 14.1. The standard InChI is InChI=1S/C7H14N4O3S/c1-6(4-12)15(13,14)9-3-7-8-5-11(2)10-7/h5-6,9,12H,3-4H2,1-2H3. The summed E-state index contributed by atoms with van der Waals surface area (Å²) in [4.78, 5) is 3.87. The van der Waals surface area contributed by atoms with Gasteiger partial charge in [-0.15, -0.1) is 0 Å². The van der Waals surface area contributed by atoms with Crippen molar-refractivity contribution in [1.82, 2.24) is 19.5 Å². The van der Waals surface area contributed by atoms with Gasteiger partial charge in [0.05, 0.1) is 18.4 Å². The number of aromatic nitrogens is 3. The van der Waals surface area contributed by atoms with Crippen LogP contribution in [0.25, 0.3) is 0 Å². The van der Waals surface area contributed by atoms with Crippen molar-refractivity contribution < 1.29 is 13.5 Å². The second-order valence-electron chi connectivity index (χ2n) is 3.19. The molecule has 0 aliphatic heterocycles. The van der Waals surface area contributed by atoms with E-state index in [9.17, 15) is 8.42 Å². The molecule has 0 fully saturated rings. The number of nitrogens with one attached hydrogen (secondary N) is 1. The molecule has 7 nitrogen and oxygen atoms in total. The number of aliphatic hydroxyl groups excluding tert-OH is 1. The van der Waals surface area contributed by atoms with Gasteiger partial charge in [0.2, 0.25) is 10.0 Å². The summed E-state index contributed by atoms with van der Waals surface area (Å²) in [5.74, 6) is 0.395. The first-order valence-electron chi connectivity index (χ1n) is 4.39. The van der Waals surface area contributed by atoms with E-state index < -0.39 is 21.9 Å². The molecule has 0 radical (unpaired) electrons. The van der Waals surface area contributed by atoms with Crippen LogP contribution in [0.3, 0.4) is 0 Å². The van der Waals surface area contributed by atoms with Gasteiger partial charge in [-0.2, -0.15) is 5.10 Å². The van der Waals surface area contributed by atoms with Crippen molar-refractivity contribution in [1.29, 1.82) is 0 Å². The first-order chi connectivity index (χ1) is 6.95. The molecule has 0 saturated carbocycles. The fourth-order valence-electron chi connectivity index (χ4n) is 0.870. The average molecular weight is 234 g/mol. The van der Waals surface area contributed by atoms with Gasteiger partial charge in [0.1, 0.15) is 6.33 Å². The van der Waals surface area contributed by atoms with Gasteiger partial charge in [0.15, 0.2) is 5.82 Å². The molecular formula is C7H14N4O3S. The zero-order chi connectivity index (χ0) is 11.5. The van der Waals surface area contributed by atoms with Crippen LogP contribution in [0, 0.1) is 0 Å². The quantitative estimate of drug-likeness (QED) is 0.654. The van der Waals surface area contributed by atoms with E-state index in [1.807, 2.05) is 0 Å². The van der Waals surface area contributed by atoms with Crippen LogP contribution >= 0.6 is 0 Å². The number of sulfonamides is 1. The molecule has 0 aliphatic rings. The molecule has 15 heavy (non-hydrogen) atoms. The Morgan fingerprint density at radius 2 is 2.33 bits per heavy atom. The van der Waals surface area contributed by atoms with E-state index in [0.29, 0.717) is 5.82 Å². The van der Waals surface area contributed by atoms with Gasteiger partial charge >= 0.3 is 0 Å². The Hall–Kier alpha value is -0.990. The summed E-state index contributed by atoms with van der Waals surface area (Å²) in [5, 5.41) is 11.8. The minimum Gasteiger partial charge on any atom is -0.395 e. The molecule has 0 amide bonds. The lowest BCUT2D eigenvalue weighted by molar-refractivity contribution is 0.294. The maximum Gasteiger partial charge on any atom is 0.216 e. The van der Waals surface area contributed by atoms with Crippen LogP contribution in [0.2, 0.25) is 0 Å². The van der Waals surface area contributed by atoms with Crippen LogP contribution < -0.4 is 4.72 Å².